The Bertz CT molecular complexity index is 370. The van der Waals surface area contributed by atoms with E-state index in [9.17, 15) is 9.59 Å². The van der Waals surface area contributed by atoms with Crippen molar-refractivity contribution in [1.29, 1.82) is 0 Å². The van der Waals surface area contributed by atoms with Crippen molar-refractivity contribution in [2.24, 2.45) is 7.05 Å². The fraction of sp³-hybridized carbons (Fsp3) is 0.500. The molecule has 1 unspecified atom stereocenters. The lowest BCUT2D eigenvalue weighted by Crippen LogP contribution is -2.23. The molecule has 82 valence electrons. The van der Waals surface area contributed by atoms with Gasteiger partial charge in [0.2, 0.25) is 0 Å². The number of ether oxygens (including phenoxy) is 1. The van der Waals surface area contributed by atoms with Gasteiger partial charge in [-0.1, -0.05) is 0 Å². The average molecular weight is 210 g/mol. The van der Waals surface area contributed by atoms with Crippen LogP contribution in [0.5, 0.6) is 0 Å². The van der Waals surface area contributed by atoms with E-state index in [4.69, 9.17) is 4.74 Å². The minimum atomic E-state index is -0.540. The molecule has 5 nitrogen and oxygen atoms in total. The van der Waals surface area contributed by atoms with E-state index in [1.165, 1.54) is 18.0 Å². The highest BCUT2D eigenvalue weighted by Crippen LogP contribution is 2.04. The van der Waals surface area contributed by atoms with Crippen LogP contribution in [0, 0.1) is 0 Å². The van der Waals surface area contributed by atoms with E-state index < -0.39 is 6.10 Å². The van der Waals surface area contributed by atoms with Gasteiger partial charge in [0, 0.05) is 20.4 Å². The summed E-state index contributed by atoms with van der Waals surface area (Å²) in [5.41, 5.74) is 0.437. The lowest BCUT2D eigenvalue weighted by molar-refractivity contribution is -0.126. The van der Waals surface area contributed by atoms with Gasteiger partial charge in [-0.25, -0.2) is 0 Å². The minimum Gasteiger partial charge on any atom is -0.374 e. The van der Waals surface area contributed by atoms with E-state index >= 15 is 0 Å². The maximum atomic E-state index is 11.6. The van der Waals surface area contributed by atoms with Crippen molar-refractivity contribution in [2.45, 2.75) is 19.4 Å². The standard InChI is InChI=1S/C10H14N2O3/c1-7(15-3)9(13)6-10(14)8-4-5-11-12(8)2/h4-5,7H,6H2,1-3H3. The first-order chi connectivity index (χ1) is 7.06. The van der Waals surface area contributed by atoms with Gasteiger partial charge < -0.3 is 4.74 Å². The molecule has 1 aromatic heterocycles. The molecule has 0 fully saturated rings. The van der Waals surface area contributed by atoms with Gasteiger partial charge in [0.15, 0.2) is 11.6 Å². The third kappa shape index (κ3) is 2.73. The molecule has 0 radical (unpaired) electrons. The van der Waals surface area contributed by atoms with Crippen LogP contribution in [0.2, 0.25) is 0 Å². The van der Waals surface area contributed by atoms with Crippen LogP contribution < -0.4 is 0 Å². The van der Waals surface area contributed by atoms with Gasteiger partial charge in [0.05, 0.1) is 6.42 Å². The molecule has 0 saturated heterocycles. The molecule has 0 aliphatic carbocycles. The number of rotatable bonds is 5. The third-order valence-corrected chi connectivity index (χ3v) is 2.25. The second kappa shape index (κ2) is 4.84. The van der Waals surface area contributed by atoms with Gasteiger partial charge in [-0.15, -0.1) is 0 Å². The number of hydrogen-bond donors (Lipinski definition) is 0. The first kappa shape index (κ1) is 11.6. The predicted octanol–water partition coefficient (Wildman–Crippen LogP) is 0.597. The van der Waals surface area contributed by atoms with Crippen LogP contribution in [0.1, 0.15) is 23.8 Å². The summed E-state index contributed by atoms with van der Waals surface area (Å²) in [7, 11) is 3.11. The minimum absolute atomic E-state index is 0.144. The summed E-state index contributed by atoms with van der Waals surface area (Å²) in [5.74, 6) is -0.451. The van der Waals surface area contributed by atoms with Crippen LogP contribution in [-0.2, 0) is 16.6 Å². The topological polar surface area (TPSA) is 61.2 Å². The van der Waals surface area contributed by atoms with E-state index in [2.05, 4.69) is 5.10 Å². The van der Waals surface area contributed by atoms with Crippen molar-refractivity contribution in [3.05, 3.63) is 18.0 Å². The molecule has 0 bridgehead atoms. The number of carbonyl (C=O) groups excluding carboxylic acids is 2. The molecule has 0 saturated carbocycles. The largest absolute Gasteiger partial charge is 0.374 e. The maximum absolute atomic E-state index is 11.6. The summed E-state index contributed by atoms with van der Waals surface area (Å²) in [5, 5.41) is 3.86. The van der Waals surface area contributed by atoms with Crippen LogP contribution >= 0.6 is 0 Å². The molecular weight excluding hydrogens is 196 g/mol. The predicted molar refractivity (Wildman–Crippen MR) is 53.6 cm³/mol. The first-order valence-electron chi connectivity index (χ1n) is 4.63. The average Bonchev–Trinajstić information content (AvgIpc) is 2.63. The first-order valence-corrected chi connectivity index (χ1v) is 4.63. The fourth-order valence-corrected chi connectivity index (χ4v) is 1.17. The molecule has 0 N–H and O–H groups in total. The fourth-order valence-electron chi connectivity index (χ4n) is 1.17. The number of aromatic nitrogens is 2. The Labute approximate surface area is 88.0 Å². The zero-order valence-corrected chi connectivity index (χ0v) is 9.06. The van der Waals surface area contributed by atoms with Crippen molar-refractivity contribution in [1.82, 2.24) is 9.78 Å². The molecule has 0 aliphatic rings. The Morgan fingerprint density at radius 2 is 2.27 bits per heavy atom. The molecule has 1 heterocycles. The maximum Gasteiger partial charge on any atom is 0.188 e. The van der Waals surface area contributed by atoms with Gasteiger partial charge in [-0.2, -0.15) is 5.10 Å². The molecule has 0 spiro atoms. The molecule has 1 rings (SSSR count). The zero-order valence-electron chi connectivity index (χ0n) is 9.06. The number of hydrogen-bond acceptors (Lipinski definition) is 4. The van der Waals surface area contributed by atoms with Crippen molar-refractivity contribution < 1.29 is 14.3 Å². The molecular formula is C10H14N2O3. The molecule has 1 aromatic rings. The quantitative estimate of drug-likeness (QED) is 0.527. The van der Waals surface area contributed by atoms with Crippen LogP contribution in [0.3, 0.4) is 0 Å². The number of carbonyl (C=O) groups is 2. The van der Waals surface area contributed by atoms with Crippen LogP contribution in [0.15, 0.2) is 12.3 Å². The van der Waals surface area contributed by atoms with Gasteiger partial charge in [0.25, 0.3) is 0 Å². The number of Topliss-reactive ketones (excluding diaryl/α,β-unsaturated/α-hetero) is 2. The second-order valence-corrected chi connectivity index (χ2v) is 3.28. The highest BCUT2D eigenvalue weighted by molar-refractivity contribution is 6.08. The number of methoxy groups -OCH3 is 1. The summed E-state index contributed by atoms with van der Waals surface area (Å²) in [6.45, 7) is 1.62. The van der Waals surface area contributed by atoms with Crippen molar-refractivity contribution in [3.8, 4) is 0 Å². The van der Waals surface area contributed by atoms with Gasteiger partial charge >= 0.3 is 0 Å². The molecule has 1 atom stereocenters. The van der Waals surface area contributed by atoms with Crippen molar-refractivity contribution >= 4 is 11.6 Å². The Kier molecular flexibility index (Phi) is 3.74. The molecule has 0 aliphatic heterocycles. The number of aryl methyl sites for hydroxylation is 1. The zero-order chi connectivity index (χ0) is 11.4. The van der Waals surface area contributed by atoms with Crippen LogP contribution in [0.4, 0.5) is 0 Å². The van der Waals surface area contributed by atoms with Crippen LogP contribution in [0.25, 0.3) is 0 Å². The normalized spacial score (nSPS) is 12.5. The molecule has 0 amide bonds. The molecule has 0 aromatic carbocycles. The lowest BCUT2D eigenvalue weighted by atomic mass is 10.1. The van der Waals surface area contributed by atoms with E-state index in [-0.39, 0.29) is 18.0 Å². The Morgan fingerprint density at radius 3 is 2.73 bits per heavy atom. The van der Waals surface area contributed by atoms with Crippen molar-refractivity contribution in [3.63, 3.8) is 0 Å². The summed E-state index contributed by atoms with van der Waals surface area (Å²) < 4.78 is 6.29. The van der Waals surface area contributed by atoms with Crippen LogP contribution in [-0.4, -0.2) is 34.6 Å². The second-order valence-electron chi connectivity index (χ2n) is 3.28. The molecule has 15 heavy (non-hydrogen) atoms. The number of ketones is 2. The summed E-state index contributed by atoms with van der Waals surface area (Å²) in [6, 6.07) is 1.59. The summed E-state index contributed by atoms with van der Waals surface area (Å²) >= 11 is 0. The summed E-state index contributed by atoms with van der Waals surface area (Å²) in [4.78, 5) is 23.0. The van der Waals surface area contributed by atoms with Gasteiger partial charge in [-0.05, 0) is 13.0 Å². The SMILES string of the molecule is COC(C)C(=O)CC(=O)c1ccnn1C. The van der Waals surface area contributed by atoms with E-state index in [1.54, 1.807) is 20.0 Å². The van der Waals surface area contributed by atoms with E-state index in [0.717, 1.165) is 0 Å². The lowest BCUT2D eigenvalue weighted by Gasteiger charge is -2.07. The Hall–Kier alpha value is -1.49. The molecule has 5 heteroatoms. The van der Waals surface area contributed by atoms with E-state index in [1.807, 2.05) is 0 Å². The van der Waals surface area contributed by atoms with Gasteiger partial charge in [-0.3, -0.25) is 14.3 Å². The Morgan fingerprint density at radius 1 is 1.60 bits per heavy atom. The highest BCUT2D eigenvalue weighted by atomic mass is 16.5. The van der Waals surface area contributed by atoms with Crippen molar-refractivity contribution in [2.75, 3.05) is 7.11 Å². The number of nitrogens with zero attached hydrogens (tertiary/aromatic N) is 2. The third-order valence-electron chi connectivity index (χ3n) is 2.25. The summed E-state index contributed by atoms with van der Waals surface area (Å²) in [6.07, 6.45) is 0.841. The highest BCUT2D eigenvalue weighted by Gasteiger charge is 2.18. The Balaban J connectivity index is 2.65. The monoisotopic (exact) mass is 210 g/mol. The van der Waals surface area contributed by atoms with Gasteiger partial charge in [0.1, 0.15) is 11.8 Å². The van der Waals surface area contributed by atoms with E-state index in [0.29, 0.717) is 5.69 Å². The smallest absolute Gasteiger partial charge is 0.188 e.